The number of carbonyl (C=O) groups excluding carboxylic acids is 1. The molecule has 0 bridgehead atoms. The molecule has 2 rings (SSSR count). The van der Waals surface area contributed by atoms with Crippen LogP contribution in [0.25, 0.3) is 0 Å². The second-order valence-corrected chi connectivity index (χ2v) is 5.06. The van der Waals surface area contributed by atoms with Gasteiger partial charge in [0.2, 0.25) is 0 Å². The highest BCUT2D eigenvalue weighted by atomic mass is 35.5. The summed E-state index contributed by atoms with van der Waals surface area (Å²) in [5.41, 5.74) is 1.30. The van der Waals surface area contributed by atoms with E-state index in [-0.39, 0.29) is 5.97 Å². The summed E-state index contributed by atoms with van der Waals surface area (Å²) in [5, 5.41) is 0.632. The average molecular weight is 289 g/mol. The lowest BCUT2D eigenvalue weighted by Gasteiger charge is -2.04. The third-order valence-corrected chi connectivity index (χ3v) is 3.24. The molecule has 3 heteroatoms. The number of esters is 1. The SMILES string of the molecule is O=C(CCCCc1ccccc1)Oc1ccc(Cl)cc1. The molecule has 0 aliphatic carbocycles. The summed E-state index contributed by atoms with van der Waals surface area (Å²) in [6, 6.07) is 17.1. The Morgan fingerprint density at radius 2 is 1.65 bits per heavy atom. The van der Waals surface area contributed by atoms with Gasteiger partial charge < -0.3 is 4.74 Å². The number of rotatable bonds is 6. The maximum Gasteiger partial charge on any atom is 0.311 e. The lowest BCUT2D eigenvalue weighted by Crippen LogP contribution is -2.07. The third kappa shape index (κ3) is 5.06. The zero-order chi connectivity index (χ0) is 14.2. The molecule has 104 valence electrons. The molecule has 0 saturated heterocycles. The van der Waals surface area contributed by atoms with Gasteiger partial charge in [0.05, 0.1) is 0 Å². The predicted molar refractivity (Wildman–Crippen MR) is 81.1 cm³/mol. The van der Waals surface area contributed by atoms with E-state index in [1.807, 2.05) is 18.2 Å². The van der Waals surface area contributed by atoms with Gasteiger partial charge in [-0.15, -0.1) is 0 Å². The molecule has 0 atom stereocenters. The molecule has 2 nitrogen and oxygen atoms in total. The molecule has 0 unspecified atom stereocenters. The van der Waals surface area contributed by atoms with Gasteiger partial charge in [-0.3, -0.25) is 4.79 Å². The minimum Gasteiger partial charge on any atom is -0.427 e. The number of hydrogen-bond acceptors (Lipinski definition) is 2. The van der Waals surface area contributed by atoms with E-state index in [1.165, 1.54) is 5.56 Å². The van der Waals surface area contributed by atoms with Crippen molar-refractivity contribution in [3.8, 4) is 5.75 Å². The highest BCUT2D eigenvalue weighted by Gasteiger charge is 2.04. The lowest BCUT2D eigenvalue weighted by molar-refractivity contribution is -0.134. The molecule has 0 spiro atoms. The van der Waals surface area contributed by atoms with Crippen molar-refractivity contribution < 1.29 is 9.53 Å². The Morgan fingerprint density at radius 3 is 2.35 bits per heavy atom. The fourth-order valence-electron chi connectivity index (χ4n) is 1.93. The normalized spacial score (nSPS) is 10.2. The Hall–Kier alpha value is -1.80. The average Bonchev–Trinajstić information content (AvgIpc) is 2.47. The first-order valence-electron chi connectivity index (χ1n) is 6.74. The van der Waals surface area contributed by atoms with Crippen molar-refractivity contribution in [2.24, 2.45) is 0 Å². The van der Waals surface area contributed by atoms with E-state index in [0.717, 1.165) is 19.3 Å². The first-order chi connectivity index (χ1) is 9.74. The minimum atomic E-state index is -0.194. The summed E-state index contributed by atoms with van der Waals surface area (Å²) in [6.07, 6.45) is 3.26. The topological polar surface area (TPSA) is 26.3 Å². The third-order valence-electron chi connectivity index (χ3n) is 2.98. The van der Waals surface area contributed by atoms with Gasteiger partial charge in [-0.2, -0.15) is 0 Å². The molecule has 0 amide bonds. The summed E-state index contributed by atoms with van der Waals surface area (Å²) < 4.78 is 5.22. The van der Waals surface area contributed by atoms with Crippen LogP contribution in [0.1, 0.15) is 24.8 Å². The van der Waals surface area contributed by atoms with Gasteiger partial charge in [0.1, 0.15) is 5.75 Å². The number of halogens is 1. The zero-order valence-electron chi connectivity index (χ0n) is 11.2. The van der Waals surface area contributed by atoms with Crippen LogP contribution in [0, 0.1) is 0 Å². The monoisotopic (exact) mass is 288 g/mol. The smallest absolute Gasteiger partial charge is 0.311 e. The van der Waals surface area contributed by atoms with E-state index in [4.69, 9.17) is 16.3 Å². The van der Waals surface area contributed by atoms with Gasteiger partial charge in [0.15, 0.2) is 0 Å². The summed E-state index contributed by atoms with van der Waals surface area (Å²) in [6.45, 7) is 0. The Labute approximate surface area is 124 Å². The van der Waals surface area contributed by atoms with Gasteiger partial charge in [0, 0.05) is 11.4 Å². The van der Waals surface area contributed by atoms with Crippen LogP contribution in [0.3, 0.4) is 0 Å². The van der Waals surface area contributed by atoms with Gasteiger partial charge in [-0.1, -0.05) is 41.9 Å². The Bertz CT molecular complexity index is 535. The van der Waals surface area contributed by atoms with Crippen molar-refractivity contribution in [1.82, 2.24) is 0 Å². The molecule has 0 fully saturated rings. The quantitative estimate of drug-likeness (QED) is 0.439. The number of hydrogen-bond donors (Lipinski definition) is 0. The molecule has 0 aliphatic rings. The number of aryl methyl sites for hydroxylation is 1. The largest absolute Gasteiger partial charge is 0.427 e. The van der Waals surface area contributed by atoms with E-state index >= 15 is 0 Å². The van der Waals surface area contributed by atoms with Crippen LogP contribution in [0.5, 0.6) is 5.75 Å². The van der Waals surface area contributed by atoms with E-state index < -0.39 is 0 Å². The molecule has 0 radical (unpaired) electrons. The van der Waals surface area contributed by atoms with Crippen LogP contribution in [0.4, 0.5) is 0 Å². The lowest BCUT2D eigenvalue weighted by atomic mass is 10.1. The maximum atomic E-state index is 11.7. The van der Waals surface area contributed by atoms with Crippen LogP contribution in [0.15, 0.2) is 54.6 Å². The van der Waals surface area contributed by atoms with Crippen LogP contribution < -0.4 is 4.74 Å². The van der Waals surface area contributed by atoms with Gasteiger partial charge in [-0.25, -0.2) is 0 Å². The predicted octanol–water partition coefficient (Wildman–Crippen LogP) is 4.66. The fraction of sp³-hybridized carbons (Fsp3) is 0.235. The van der Waals surface area contributed by atoms with E-state index in [9.17, 15) is 4.79 Å². The second kappa shape index (κ2) is 7.71. The van der Waals surface area contributed by atoms with Crippen molar-refractivity contribution in [3.63, 3.8) is 0 Å². The first kappa shape index (κ1) is 14.6. The number of benzene rings is 2. The highest BCUT2D eigenvalue weighted by Crippen LogP contribution is 2.16. The summed E-state index contributed by atoms with van der Waals surface area (Å²) >= 11 is 5.77. The molecule has 0 saturated carbocycles. The molecule has 20 heavy (non-hydrogen) atoms. The van der Waals surface area contributed by atoms with Gasteiger partial charge in [-0.05, 0) is 49.1 Å². The maximum absolute atomic E-state index is 11.7. The molecule has 2 aromatic carbocycles. The van der Waals surface area contributed by atoms with Crippen LogP contribution in [-0.2, 0) is 11.2 Å². The van der Waals surface area contributed by atoms with Crippen molar-refractivity contribution in [2.75, 3.05) is 0 Å². The van der Waals surface area contributed by atoms with E-state index in [1.54, 1.807) is 24.3 Å². The van der Waals surface area contributed by atoms with Crippen molar-refractivity contribution >= 4 is 17.6 Å². The number of carbonyl (C=O) groups is 1. The molecular weight excluding hydrogens is 272 g/mol. The highest BCUT2D eigenvalue weighted by molar-refractivity contribution is 6.30. The fourth-order valence-corrected chi connectivity index (χ4v) is 2.05. The molecule has 2 aromatic rings. The summed E-state index contributed by atoms with van der Waals surface area (Å²) in [5.74, 6) is 0.350. The van der Waals surface area contributed by atoms with Gasteiger partial charge >= 0.3 is 5.97 Å². The summed E-state index contributed by atoms with van der Waals surface area (Å²) in [4.78, 5) is 11.7. The number of unbranched alkanes of at least 4 members (excludes halogenated alkanes) is 1. The number of ether oxygens (including phenoxy) is 1. The molecule has 0 N–H and O–H groups in total. The van der Waals surface area contributed by atoms with E-state index in [0.29, 0.717) is 17.2 Å². The van der Waals surface area contributed by atoms with Crippen molar-refractivity contribution in [1.29, 1.82) is 0 Å². The zero-order valence-corrected chi connectivity index (χ0v) is 12.0. The van der Waals surface area contributed by atoms with Crippen molar-refractivity contribution in [3.05, 3.63) is 65.2 Å². The minimum absolute atomic E-state index is 0.194. The Kier molecular flexibility index (Phi) is 5.63. The van der Waals surface area contributed by atoms with Crippen LogP contribution >= 0.6 is 11.6 Å². The molecule has 0 aromatic heterocycles. The second-order valence-electron chi connectivity index (χ2n) is 4.62. The van der Waals surface area contributed by atoms with Crippen molar-refractivity contribution in [2.45, 2.75) is 25.7 Å². The summed E-state index contributed by atoms with van der Waals surface area (Å²) in [7, 11) is 0. The van der Waals surface area contributed by atoms with Gasteiger partial charge in [0.25, 0.3) is 0 Å². The Morgan fingerprint density at radius 1 is 0.950 bits per heavy atom. The van der Waals surface area contributed by atoms with Crippen LogP contribution in [0.2, 0.25) is 5.02 Å². The van der Waals surface area contributed by atoms with Crippen LogP contribution in [-0.4, -0.2) is 5.97 Å². The standard InChI is InChI=1S/C17H17ClO2/c18-15-10-12-16(13-11-15)20-17(19)9-5-4-8-14-6-2-1-3-7-14/h1-3,6-7,10-13H,4-5,8-9H2. The molecule has 0 heterocycles. The Balaban J connectivity index is 1.66. The molecule has 0 aliphatic heterocycles. The molecular formula is C17H17ClO2. The van der Waals surface area contributed by atoms with E-state index in [2.05, 4.69) is 12.1 Å². The first-order valence-corrected chi connectivity index (χ1v) is 7.12.